The Morgan fingerprint density at radius 3 is 2.41 bits per heavy atom. The average molecular weight is 461 g/mol. The maximum absolute atomic E-state index is 13.8. The number of benzene rings is 2. The van der Waals surface area contributed by atoms with Gasteiger partial charge in [-0.25, -0.2) is 9.78 Å². The van der Waals surface area contributed by atoms with E-state index < -0.39 is 17.4 Å². The number of imidazole rings is 1. The van der Waals surface area contributed by atoms with Gasteiger partial charge in [0.2, 0.25) is 5.91 Å². The number of carbonyl (C=O) groups is 3. The van der Waals surface area contributed by atoms with Crippen LogP contribution in [0.4, 0.5) is 5.69 Å². The molecule has 1 N–H and O–H groups in total. The number of hydrogen-bond acceptors (Lipinski definition) is 5. The minimum absolute atomic E-state index is 0.0666. The molecule has 8 nitrogen and oxygen atoms in total. The first kappa shape index (κ1) is 23.2. The highest BCUT2D eigenvalue weighted by molar-refractivity contribution is 6.15. The van der Waals surface area contributed by atoms with Crippen LogP contribution in [0.3, 0.4) is 0 Å². The van der Waals surface area contributed by atoms with E-state index >= 15 is 0 Å². The molecule has 0 saturated heterocycles. The Morgan fingerprint density at radius 2 is 1.79 bits per heavy atom. The van der Waals surface area contributed by atoms with Crippen molar-refractivity contribution in [2.24, 2.45) is 0 Å². The number of esters is 1. The second-order valence-corrected chi connectivity index (χ2v) is 8.89. The third-order valence-corrected chi connectivity index (χ3v) is 6.20. The van der Waals surface area contributed by atoms with Crippen LogP contribution in [0.1, 0.15) is 58.8 Å². The fraction of sp³-hybridized carbons (Fsp3) is 0.308. The summed E-state index contributed by atoms with van der Waals surface area (Å²) in [6.07, 6.45) is 1.40. The fourth-order valence-corrected chi connectivity index (χ4v) is 4.26. The standard InChI is InChI=1S/C26H28N4O4/c1-17(2)19-10-12-20(13-11-19)30-23(31)22-21(24(32)34-4)28-16-29(22)15-26(30,3)25(33)27-14-18-8-6-5-7-9-18/h5-13,16-17H,14-15H2,1-4H3,(H,27,33)/t26-/m1/s1. The molecule has 0 unspecified atom stereocenters. The summed E-state index contributed by atoms with van der Waals surface area (Å²) in [7, 11) is 1.24. The maximum Gasteiger partial charge on any atom is 0.359 e. The van der Waals surface area contributed by atoms with Gasteiger partial charge >= 0.3 is 5.97 Å². The average Bonchev–Trinajstić information content (AvgIpc) is 3.26. The predicted octanol–water partition coefficient (Wildman–Crippen LogP) is 3.53. The van der Waals surface area contributed by atoms with Crippen LogP contribution in [-0.2, 0) is 22.6 Å². The first-order chi connectivity index (χ1) is 16.3. The molecule has 34 heavy (non-hydrogen) atoms. The van der Waals surface area contributed by atoms with Gasteiger partial charge in [0.25, 0.3) is 5.91 Å². The molecule has 2 amide bonds. The molecular formula is C26H28N4O4. The lowest BCUT2D eigenvalue weighted by molar-refractivity contribution is -0.126. The van der Waals surface area contributed by atoms with E-state index in [1.165, 1.54) is 18.3 Å². The van der Waals surface area contributed by atoms with Crippen molar-refractivity contribution in [2.45, 2.75) is 45.3 Å². The Bertz CT molecular complexity index is 1220. The van der Waals surface area contributed by atoms with Crippen LogP contribution in [0.15, 0.2) is 60.9 Å². The molecule has 0 radical (unpaired) electrons. The van der Waals surface area contributed by atoms with E-state index in [2.05, 4.69) is 24.1 Å². The highest BCUT2D eigenvalue weighted by Crippen LogP contribution is 2.34. The maximum atomic E-state index is 13.8. The Balaban J connectivity index is 1.75. The van der Waals surface area contributed by atoms with Gasteiger partial charge in [-0.2, -0.15) is 0 Å². The Kier molecular flexibility index (Phi) is 6.24. The molecule has 1 atom stereocenters. The van der Waals surface area contributed by atoms with E-state index in [0.29, 0.717) is 18.2 Å². The van der Waals surface area contributed by atoms with Crippen molar-refractivity contribution in [1.82, 2.24) is 14.9 Å². The van der Waals surface area contributed by atoms with Crippen molar-refractivity contribution >= 4 is 23.5 Å². The summed E-state index contributed by atoms with van der Waals surface area (Å²) in [6.45, 7) is 6.35. The molecule has 3 aromatic rings. The molecule has 176 valence electrons. The number of carbonyl (C=O) groups excluding carboxylic acids is 3. The van der Waals surface area contributed by atoms with Crippen molar-refractivity contribution in [3.8, 4) is 0 Å². The zero-order chi connectivity index (χ0) is 24.5. The summed E-state index contributed by atoms with van der Waals surface area (Å²) in [5, 5.41) is 2.97. The lowest BCUT2D eigenvalue weighted by atomic mass is 9.92. The monoisotopic (exact) mass is 460 g/mol. The van der Waals surface area contributed by atoms with Gasteiger partial charge in [0.15, 0.2) is 5.69 Å². The van der Waals surface area contributed by atoms with Crippen LogP contribution in [0.5, 0.6) is 0 Å². The highest BCUT2D eigenvalue weighted by Gasteiger charge is 2.49. The van der Waals surface area contributed by atoms with Crippen LogP contribution in [0.25, 0.3) is 0 Å². The van der Waals surface area contributed by atoms with Gasteiger partial charge in [-0.3, -0.25) is 14.5 Å². The second-order valence-electron chi connectivity index (χ2n) is 8.89. The largest absolute Gasteiger partial charge is 0.464 e. The Morgan fingerprint density at radius 1 is 1.12 bits per heavy atom. The van der Waals surface area contributed by atoms with E-state index in [1.54, 1.807) is 11.5 Å². The topological polar surface area (TPSA) is 93.5 Å². The van der Waals surface area contributed by atoms with E-state index in [1.807, 2.05) is 54.6 Å². The number of nitrogens with zero attached hydrogens (tertiary/aromatic N) is 3. The zero-order valence-electron chi connectivity index (χ0n) is 19.7. The van der Waals surface area contributed by atoms with Crippen LogP contribution < -0.4 is 10.2 Å². The predicted molar refractivity (Wildman–Crippen MR) is 128 cm³/mol. The van der Waals surface area contributed by atoms with Crippen molar-refractivity contribution in [3.63, 3.8) is 0 Å². The molecule has 0 spiro atoms. The third-order valence-electron chi connectivity index (χ3n) is 6.20. The van der Waals surface area contributed by atoms with Crippen molar-refractivity contribution in [2.75, 3.05) is 12.0 Å². The van der Waals surface area contributed by atoms with E-state index in [-0.39, 0.29) is 23.8 Å². The molecule has 1 aliphatic rings. The molecule has 0 aliphatic carbocycles. The molecular weight excluding hydrogens is 432 g/mol. The molecule has 4 rings (SSSR count). The number of amides is 2. The molecule has 2 heterocycles. The highest BCUT2D eigenvalue weighted by atomic mass is 16.5. The number of aromatic nitrogens is 2. The van der Waals surface area contributed by atoms with Gasteiger partial charge in [-0.1, -0.05) is 56.3 Å². The smallest absolute Gasteiger partial charge is 0.359 e. The SMILES string of the molecule is COC(=O)c1ncn2c1C(=O)N(c1ccc(C(C)C)cc1)[C@@](C)(C(=O)NCc1ccccc1)C2. The molecule has 0 bridgehead atoms. The number of methoxy groups -OCH3 is 1. The van der Waals surface area contributed by atoms with Crippen molar-refractivity contribution < 1.29 is 19.1 Å². The lowest BCUT2D eigenvalue weighted by Gasteiger charge is -2.43. The normalized spacial score (nSPS) is 17.4. The second kappa shape index (κ2) is 9.13. The van der Waals surface area contributed by atoms with Gasteiger partial charge in [-0.05, 0) is 36.1 Å². The number of rotatable bonds is 6. The van der Waals surface area contributed by atoms with Crippen molar-refractivity contribution in [3.05, 3.63) is 83.4 Å². The fourth-order valence-electron chi connectivity index (χ4n) is 4.26. The Hall–Kier alpha value is -3.94. The van der Waals surface area contributed by atoms with Crippen LogP contribution in [-0.4, -0.2) is 40.0 Å². The number of ether oxygens (including phenoxy) is 1. The quantitative estimate of drug-likeness (QED) is 0.568. The van der Waals surface area contributed by atoms with Gasteiger partial charge in [0.05, 0.1) is 20.0 Å². The summed E-state index contributed by atoms with van der Waals surface area (Å²) >= 11 is 0. The summed E-state index contributed by atoms with van der Waals surface area (Å²) < 4.78 is 6.37. The van der Waals surface area contributed by atoms with E-state index in [4.69, 9.17) is 4.74 Å². The third kappa shape index (κ3) is 4.07. The van der Waals surface area contributed by atoms with Crippen molar-refractivity contribution in [1.29, 1.82) is 0 Å². The van der Waals surface area contributed by atoms with Gasteiger partial charge in [-0.15, -0.1) is 0 Å². The van der Waals surface area contributed by atoms with Gasteiger partial charge in [0.1, 0.15) is 11.2 Å². The molecule has 0 fully saturated rings. The first-order valence-corrected chi connectivity index (χ1v) is 11.2. The van der Waals surface area contributed by atoms with Crippen LogP contribution in [0, 0.1) is 0 Å². The first-order valence-electron chi connectivity index (χ1n) is 11.2. The summed E-state index contributed by atoms with van der Waals surface area (Å²) in [4.78, 5) is 45.2. The lowest BCUT2D eigenvalue weighted by Crippen LogP contribution is -2.64. The summed E-state index contributed by atoms with van der Waals surface area (Å²) in [5.74, 6) is -1.18. The number of hydrogen-bond donors (Lipinski definition) is 1. The number of nitrogens with one attached hydrogen (secondary N) is 1. The van der Waals surface area contributed by atoms with Gasteiger partial charge in [0, 0.05) is 12.2 Å². The molecule has 1 aromatic heterocycles. The van der Waals surface area contributed by atoms with E-state index in [0.717, 1.165) is 11.1 Å². The minimum Gasteiger partial charge on any atom is -0.464 e. The molecule has 8 heteroatoms. The summed E-state index contributed by atoms with van der Waals surface area (Å²) in [5.41, 5.74) is 1.41. The molecule has 1 aliphatic heterocycles. The summed E-state index contributed by atoms with van der Waals surface area (Å²) in [6, 6.07) is 17.1. The number of anilines is 1. The van der Waals surface area contributed by atoms with E-state index in [9.17, 15) is 14.4 Å². The van der Waals surface area contributed by atoms with Crippen LogP contribution in [0.2, 0.25) is 0 Å². The molecule has 0 saturated carbocycles. The van der Waals surface area contributed by atoms with Crippen LogP contribution >= 0.6 is 0 Å². The number of fused-ring (bicyclic) bond motifs is 1. The van der Waals surface area contributed by atoms with Gasteiger partial charge < -0.3 is 14.6 Å². The minimum atomic E-state index is -1.26. The Labute approximate surface area is 198 Å². The zero-order valence-corrected chi connectivity index (χ0v) is 19.7. The molecule has 2 aromatic carbocycles.